The van der Waals surface area contributed by atoms with E-state index in [2.05, 4.69) is 24.1 Å². The minimum absolute atomic E-state index is 0.0635. The van der Waals surface area contributed by atoms with Gasteiger partial charge in [-0.3, -0.25) is 4.90 Å². The Labute approximate surface area is 105 Å². The van der Waals surface area contributed by atoms with E-state index in [0.717, 1.165) is 45.8 Å². The first kappa shape index (κ1) is 13.3. The third-order valence-electron chi connectivity index (χ3n) is 4.34. The minimum Gasteiger partial charge on any atom is -0.378 e. The summed E-state index contributed by atoms with van der Waals surface area (Å²) >= 11 is 0. The zero-order chi connectivity index (χ0) is 12.4. The highest BCUT2D eigenvalue weighted by Gasteiger charge is 2.39. The molecule has 0 bridgehead atoms. The summed E-state index contributed by atoms with van der Waals surface area (Å²) in [5.74, 6) is 0. The molecule has 0 aromatic heterocycles. The number of nitrogens with zero attached hydrogens (tertiary/aromatic N) is 1. The molecule has 0 aromatic rings. The van der Waals surface area contributed by atoms with E-state index in [0.29, 0.717) is 0 Å². The molecular formula is C13H26N2O2. The Morgan fingerprint density at radius 1 is 1.47 bits per heavy atom. The summed E-state index contributed by atoms with van der Waals surface area (Å²) in [4.78, 5) is 2.53. The molecule has 0 radical (unpaired) electrons. The molecule has 2 rings (SSSR count). The lowest BCUT2D eigenvalue weighted by Gasteiger charge is -2.43. The van der Waals surface area contributed by atoms with Crippen LogP contribution in [0, 0.1) is 0 Å². The van der Waals surface area contributed by atoms with E-state index in [-0.39, 0.29) is 11.1 Å². The Morgan fingerprint density at radius 3 is 2.88 bits per heavy atom. The van der Waals surface area contributed by atoms with Gasteiger partial charge in [0.1, 0.15) is 5.60 Å². The molecule has 2 heterocycles. The van der Waals surface area contributed by atoms with Crippen LogP contribution in [0.3, 0.4) is 0 Å². The Bertz CT molecular complexity index is 254. The van der Waals surface area contributed by atoms with Crippen molar-refractivity contribution in [1.29, 1.82) is 0 Å². The highest BCUT2D eigenvalue weighted by Crippen LogP contribution is 2.25. The molecule has 2 saturated heterocycles. The van der Waals surface area contributed by atoms with Crippen molar-refractivity contribution in [2.24, 2.45) is 0 Å². The molecular weight excluding hydrogens is 216 g/mol. The van der Waals surface area contributed by atoms with Gasteiger partial charge >= 0.3 is 0 Å². The van der Waals surface area contributed by atoms with Crippen LogP contribution in [-0.4, -0.2) is 62.5 Å². The molecule has 4 nitrogen and oxygen atoms in total. The number of hydrogen-bond acceptors (Lipinski definition) is 4. The lowest BCUT2D eigenvalue weighted by molar-refractivity contribution is -0.0491. The zero-order valence-corrected chi connectivity index (χ0v) is 11.4. The number of methoxy groups -OCH3 is 1. The SMILES string of the molecule is CCC1(C)CN(CC2(OC)CCOC2)CCN1. The van der Waals surface area contributed by atoms with Gasteiger partial charge in [0.15, 0.2) is 0 Å². The summed E-state index contributed by atoms with van der Waals surface area (Å²) in [5, 5.41) is 3.62. The second-order valence-electron chi connectivity index (χ2n) is 5.74. The normalized spacial score (nSPS) is 39.7. The van der Waals surface area contributed by atoms with Crippen LogP contribution < -0.4 is 5.32 Å². The van der Waals surface area contributed by atoms with Gasteiger partial charge in [-0.1, -0.05) is 6.92 Å². The van der Waals surface area contributed by atoms with E-state index in [9.17, 15) is 0 Å². The van der Waals surface area contributed by atoms with Crippen molar-refractivity contribution in [1.82, 2.24) is 10.2 Å². The van der Waals surface area contributed by atoms with Gasteiger partial charge in [-0.15, -0.1) is 0 Å². The lowest BCUT2D eigenvalue weighted by Crippen LogP contribution is -2.61. The molecule has 2 fully saturated rings. The van der Waals surface area contributed by atoms with Gasteiger partial charge in [-0.2, -0.15) is 0 Å². The molecule has 0 aliphatic carbocycles. The third-order valence-corrected chi connectivity index (χ3v) is 4.34. The molecule has 0 saturated carbocycles. The van der Waals surface area contributed by atoms with E-state index in [1.165, 1.54) is 6.42 Å². The summed E-state index contributed by atoms with van der Waals surface area (Å²) in [6.07, 6.45) is 2.19. The molecule has 17 heavy (non-hydrogen) atoms. The van der Waals surface area contributed by atoms with Gasteiger partial charge in [0, 0.05) is 51.9 Å². The molecule has 1 N–H and O–H groups in total. The summed E-state index contributed by atoms with van der Waals surface area (Å²) in [6.45, 7) is 10.4. The summed E-state index contributed by atoms with van der Waals surface area (Å²) in [6, 6.07) is 0. The fourth-order valence-corrected chi connectivity index (χ4v) is 2.86. The number of piperazine rings is 1. The zero-order valence-electron chi connectivity index (χ0n) is 11.4. The fourth-order valence-electron chi connectivity index (χ4n) is 2.86. The second-order valence-corrected chi connectivity index (χ2v) is 5.74. The van der Waals surface area contributed by atoms with Crippen LogP contribution in [0.25, 0.3) is 0 Å². The topological polar surface area (TPSA) is 33.7 Å². The van der Waals surface area contributed by atoms with Gasteiger partial charge in [-0.25, -0.2) is 0 Å². The van der Waals surface area contributed by atoms with Crippen molar-refractivity contribution < 1.29 is 9.47 Å². The van der Waals surface area contributed by atoms with Crippen molar-refractivity contribution in [3.05, 3.63) is 0 Å². The maximum Gasteiger partial charge on any atom is 0.106 e. The predicted molar refractivity (Wildman–Crippen MR) is 68.3 cm³/mol. The number of hydrogen-bond donors (Lipinski definition) is 1. The largest absolute Gasteiger partial charge is 0.378 e. The maximum absolute atomic E-state index is 5.72. The molecule has 2 aliphatic rings. The van der Waals surface area contributed by atoms with Crippen molar-refractivity contribution in [2.75, 3.05) is 46.5 Å². The van der Waals surface area contributed by atoms with Gasteiger partial charge in [-0.05, 0) is 13.3 Å². The highest BCUT2D eigenvalue weighted by molar-refractivity contribution is 4.94. The van der Waals surface area contributed by atoms with E-state index in [1.54, 1.807) is 0 Å². The lowest BCUT2D eigenvalue weighted by atomic mass is 9.94. The van der Waals surface area contributed by atoms with Crippen molar-refractivity contribution in [3.8, 4) is 0 Å². The van der Waals surface area contributed by atoms with Crippen molar-refractivity contribution in [2.45, 2.75) is 37.8 Å². The van der Waals surface area contributed by atoms with Crippen LogP contribution in [0.2, 0.25) is 0 Å². The third kappa shape index (κ3) is 2.99. The molecule has 2 atom stereocenters. The number of rotatable bonds is 4. The van der Waals surface area contributed by atoms with Crippen LogP contribution in [0.1, 0.15) is 26.7 Å². The molecule has 2 aliphatic heterocycles. The van der Waals surface area contributed by atoms with Crippen LogP contribution in [0.5, 0.6) is 0 Å². The van der Waals surface area contributed by atoms with Crippen molar-refractivity contribution in [3.63, 3.8) is 0 Å². The van der Waals surface area contributed by atoms with Gasteiger partial charge in [0.2, 0.25) is 0 Å². The van der Waals surface area contributed by atoms with Gasteiger partial charge in [0.05, 0.1) is 6.61 Å². The Hall–Kier alpha value is -0.160. The first-order valence-electron chi connectivity index (χ1n) is 6.72. The first-order valence-corrected chi connectivity index (χ1v) is 6.72. The molecule has 0 aromatic carbocycles. The average molecular weight is 242 g/mol. The first-order chi connectivity index (χ1) is 8.11. The molecule has 4 heteroatoms. The summed E-state index contributed by atoms with van der Waals surface area (Å²) in [7, 11) is 1.82. The molecule has 100 valence electrons. The monoisotopic (exact) mass is 242 g/mol. The predicted octanol–water partition coefficient (Wildman–Crippen LogP) is 0.866. The molecule has 2 unspecified atom stereocenters. The number of ether oxygens (including phenoxy) is 2. The van der Waals surface area contributed by atoms with Crippen LogP contribution in [0.15, 0.2) is 0 Å². The Kier molecular flexibility index (Phi) is 4.08. The van der Waals surface area contributed by atoms with Crippen molar-refractivity contribution >= 4 is 0 Å². The van der Waals surface area contributed by atoms with Gasteiger partial charge in [0.25, 0.3) is 0 Å². The molecule has 0 spiro atoms. The van der Waals surface area contributed by atoms with E-state index in [4.69, 9.17) is 9.47 Å². The molecule has 0 amide bonds. The fraction of sp³-hybridized carbons (Fsp3) is 1.00. The van der Waals surface area contributed by atoms with E-state index in [1.807, 2.05) is 7.11 Å². The standard InChI is InChI=1S/C13H26N2O2/c1-4-12(2)9-15(7-6-14-12)10-13(16-3)5-8-17-11-13/h14H,4-11H2,1-3H3. The van der Waals surface area contributed by atoms with Crippen LogP contribution >= 0.6 is 0 Å². The van der Waals surface area contributed by atoms with Crippen LogP contribution in [0.4, 0.5) is 0 Å². The second kappa shape index (κ2) is 5.22. The summed E-state index contributed by atoms with van der Waals surface area (Å²) in [5.41, 5.74) is 0.193. The maximum atomic E-state index is 5.72. The number of nitrogens with one attached hydrogen (secondary N) is 1. The minimum atomic E-state index is -0.0635. The van der Waals surface area contributed by atoms with Crippen LogP contribution in [-0.2, 0) is 9.47 Å². The highest BCUT2D eigenvalue weighted by atomic mass is 16.5. The average Bonchev–Trinajstić information content (AvgIpc) is 2.78. The Morgan fingerprint density at radius 2 is 2.29 bits per heavy atom. The van der Waals surface area contributed by atoms with Gasteiger partial charge < -0.3 is 14.8 Å². The van der Waals surface area contributed by atoms with E-state index < -0.39 is 0 Å². The van der Waals surface area contributed by atoms with E-state index >= 15 is 0 Å². The Balaban J connectivity index is 1.94. The quantitative estimate of drug-likeness (QED) is 0.793. The smallest absolute Gasteiger partial charge is 0.106 e. The summed E-state index contributed by atoms with van der Waals surface area (Å²) < 4.78 is 11.2.